The molecular weight excluding hydrogens is 187 g/mol. The molecule has 0 spiro atoms. The van der Waals surface area contributed by atoms with Gasteiger partial charge in [-0.15, -0.1) is 0 Å². The summed E-state index contributed by atoms with van der Waals surface area (Å²) in [7, 11) is 0. The van der Waals surface area contributed by atoms with Gasteiger partial charge in [-0.05, 0) is 6.07 Å². The molecule has 0 bridgehead atoms. The van der Waals surface area contributed by atoms with Crippen LogP contribution in [0.3, 0.4) is 0 Å². The number of rotatable bonds is 2. The minimum absolute atomic E-state index is 0.113. The topological polar surface area (TPSA) is 35.5 Å². The average Bonchev–Trinajstić information content (AvgIpc) is 2.23. The van der Waals surface area contributed by atoms with Crippen molar-refractivity contribution in [3.63, 3.8) is 0 Å². The van der Waals surface area contributed by atoms with Crippen molar-refractivity contribution in [3.05, 3.63) is 29.1 Å². The van der Waals surface area contributed by atoms with Crippen molar-refractivity contribution in [2.45, 2.75) is 13.0 Å². The summed E-state index contributed by atoms with van der Waals surface area (Å²) in [5, 5.41) is 0. The van der Waals surface area contributed by atoms with Crippen molar-refractivity contribution in [2.75, 3.05) is 6.79 Å². The molecule has 0 atom stereocenters. The quantitative estimate of drug-likeness (QED) is 0.671. The summed E-state index contributed by atoms with van der Waals surface area (Å²) < 4.78 is 23.4. The normalized spacial score (nSPS) is 14.4. The van der Waals surface area contributed by atoms with E-state index in [0.717, 1.165) is 6.29 Å². The van der Waals surface area contributed by atoms with E-state index in [4.69, 9.17) is 9.47 Å². The highest BCUT2D eigenvalue weighted by Gasteiger charge is 2.18. The summed E-state index contributed by atoms with van der Waals surface area (Å²) in [6.45, 7) is 0.316. The van der Waals surface area contributed by atoms with Crippen LogP contribution in [-0.2, 0) is 22.6 Å². The van der Waals surface area contributed by atoms with Gasteiger partial charge in [0.15, 0.2) is 6.79 Å². The third kappa shape index (κ3) is 1.48. The molecule has 1 aliphatic rings. The molecule has 3 nitrogen and oxygen atoms in total. The van der Waals surface area contributed by atoms with E-state index < -0.39 is 0 Å². The van der Waals surface area contributed by atoms with Crippen molar-refractivity contribution in [3.8, 4) is 5.75 Å². The number of ether oxygens (including phenoxy) is 2. The van der Waals surface area contributed by atoms with Crippen LogP contribution in [0.1, 0.15) is 11.1 Å². The van der Waals surface area contributed by atoms with Crippen molar-refractivity contribution < 1.29 is 18.7 Å². The molecule has 0 amide bonds. The van der Waals surface area contributed by atoms with Crippen molar-refractivity contribution in [1.82, 2.24) is 0 Å². The van der Waals surface area contributed by atoms with Crippen LogP contribution in [-0.4, -0.2) is 13.1 Å². The first-order valence-corrected chi connectivity index (χ1v) is 4.27. The Morgan fingerprint density at radius 3 is 3.14 bits per heavy atom. The summed E-state index contributed by atoms with van der Waals surface area (Å²) in [5.41, 5.74) is 1.11. The maximum absolute atomic E-state index is 13.2. The molecule has 1 aromatic carbocycles. The van der Waals surface area contributed by atoms with Gasteiger partial charge in [-0.2, -0.15) is 0 Å². The fourth-order valence-corrected chi connectivity index (χ4v) is 1.46. The molecule has 74 valence electrons. The van der Waals surface area contributed by atoms with Crippen LogP contribution >= 0.6 is 0 Å². The minimum atomic E-state index is -0.352. The average molecular weight is 196 g/mol. The van der Waals surface area contributed by atoms with Gasteiger partial charge in [0.25, 0.3) is 0 Å². The summed E-state index contributed by atoms with van der Waals surface area (Å²) in [5.74, 6) is 0.109. The van der Waals surface area contributed by atoms with Gasteiger partial charge in [0, 0.05) is 12.0 Å². The van der Waals surface area contributed by atoms with E-state index in [1.165, 1.54) is 6.07 Å². The summed E-state index contributed by atoms with van der Waals surface area (Å²) in [4.78, 5) is 10.4. The van der Waals surface area contributed by atoms with Crippen LogP contribution in [0.25, 0.3) is 0 Å². The Labute approximate surface area is 80.4 Å². The van der Waals surface area contributed by atoms with Crippen molar-refractivity contribution >= 4 is 6.29 Å². The molecule has 0 saturated carbocycles. The Balaban J connectivity index is 2.47. The minimum Gasteiger partial charge on any atom is -0.467 e. The Bertz CT molecular complexity index is 363. The summed E-state index contributed by atoms with van der Waals surface area (Å²) in [6.07, 6.45) is 1.01. The second-order valence-corrected chi connectivity index (χ2v) is 3.00. The number of fused-ring (bicyclic) bond motifs is 1. The molecule has 0 radical (unpaired) electrons. The lowest BCUT2D eigenvalue weighted by atomic mass is 10.1. The summed E-state index contributed by atoms with van der Waals surface area (Å²) in [6, 6.07) is 2.89. The van der Waals surface area contributed by atoms with Gasteiger partial charge in [0.05, 0.1) is 12.2 Å². The van der Waals surface area contributed by atoms with Gasteiger partial charge < -0.3 is 14.3 Å². The standard InChI is InChI=1S/C10H9FO3/c11-9-2-1-7(3-4-12)10-8(9)5-13-6-14-10/h1-2,4H,3,5-6H2. The zero-order valence-corrected chi connectivity index (χ0v) is 7.46. The molecule has 0 unspecified atom stereocenters. The molecular formula is C10H9FO3. The molecule has 14 heavy (non-hydrogen) atoms. The van der Waals surface area contributed by atoms with E-state index in [1.54, 1.807) is 6.07 Å². The number of benzene rings is 1. The van der Waals surface area contributed by atoms with Crippen molar-refractivity contribution in [1.29, 1.82) is 0 Å². The molecule has 1 heterocycles. The zero-order valence-electron chi connectivity index (χ0n) is 7.46. The fraction of sp³-hybridized carbons (Fsp3) is 0.300. The SMILES string of the molecule is O=CCc1ccc(F)c2c1OCOC2. The number of carbonyl (C=O) groups excluding carboxylic acids is 1. The highest BCUT2D eigenvalue weighted by Crippen LogP contribution is 2.30. The number of aldehydes is 1. The Morgan fingerprint density at radius 1 is 1.50 bits per heavy atom. The first kappa shape index (κ1) is 9.15. The fourth-order valence-electron chi connectivity index (χ4n) is 1.46. The Hall–Kier alpha value is -1.42. The van der Waals surface area contributed by atoms with Crippen molar-refractivity contribution in [2.24, 2.45) is 0 Å². The first-order chi connectivity index (χ1) is 6.83. The van der Waals surface area contributed by atoms with Gasteiger partial charge in [-0.25, -0.2) is 4.39 Å². The zero-order chi connectivity index (χ0) is 9.97. The third-order valence-electron chi connectivity index (χ3n) is 2.12. The van der Waals surface area contributed by atoms with E-state index in [2.05, 4.69) is 0 Å². The van der Waals surface area contributed by atoms with Gasteiger partial charge in [-0.3, -0.25) is 0 Å². The molecule has 1 aromatic rings. The number of hydrogen-bond donors (Lipinski definition) is 0. The molecule has 0 fully saturated rings. The predicted molar refractivity (Wildman–Crippen MR) is 46.5 cm³/mol. The monoisotopic (exact) mass is 196 g/mol. The Kier molecular flexibility index (Phi) is 2.45. The third-order valence-corrected chi connectivity index (χ3v) is 2.12. The maximum atomic E-state index is 13.2. The Morgan fingerprint density at radius 2 is 2.36 bits per heavy atom. The molecule has 0 aliphatic carbocycles. The van der Waals surface area contributed by atoms with E-state index in [0.29, 0.717) is 16.9 Å². The summed E-state index contributed by atoms with van der Waals surface area (Å²) >= 11 is 0. The van der Waals surface area contributed by atoms with E-state index in [1.807, 2.05) is 0 Å². The van der Waals surface area contributed by atoms with E-state index in [9.17, 15) is 9.18 Å². The molecule has 2 rings (SSSR count). The number of carbonyl (C=O) groups is 1. The maximum Gasteiger partial charge on any atom is 0.189 e. The van der Waals surface area contributed by atoms with Crippen LogP contribution < -0.4 is 4.74 Å². The van der Waals surface area contributed by atoms with Crippen LogP contribution in [0.4, 0.5) is 4.39 Å². The lowest BCUT2D eigenvalue weighted by Gasteiger charge is -2.20. The molecule has 1 aliphatic heterocycles. The first-order valence-electron chi connectivity index (χ1n) is 4.27. The molecule has 0 N–H and O–H groups in total. The lowest BCUT2D eigenvalue weighted by molar-refractivity contribution is -0.107. The molecule has 0 aromatic heterocycles. The number of hydrogen-bond acceptors (Lipinski definition) is 3. The van der Waals surface area contributed by atoms with Gasteiger partial charge in [0.1, 0.15) is 17.9 Å². The van der Waals surface area contributed by atoms with Crippen LogP contribution in [0.5, 0.6) is 5.75 Å². The van der Waals surface area contributed by atoms with E-state index in [-0.39, 0.29) is 25.6 Å². The number of halogens is 1. The van der Waals surface area contributed by atoms with Gasteiger partial charge in [0.2, 0.25) is 0 Å². The van der Waals surface area contributed by atoms with Gasteiger partial charge in [-0.1, -0.05) is 6.07 Å². The predicted octanol–water partition coefficient (Wildman–Crippen LogP) is 1.43. The van der Waals surface area contributed by atoms with Crippen LogP contribution in [0.2, 0.25) is 0 Å². The highest BCUT2D eigenvalue weighted by molar-refractivity contribution is 5.59. The van der Waals surface area contributed by atoms with Crippen LogP contribution in [0, 0.1) is 5.82 Å². The molecule has 4 heteroatoms. The second-order valence-electron chi connectivity index (χ2n) is 3.00. The largest absolute Gasteiger partial charge is 0.467 e. The molecule has 0 saturated heterocycles. The smallest absolute Gasteiger partial charge is 0.189 e. The lowest BCUT2D eigenvalue weighted by Crippen LogP contribution is -2.14. The van der Waals surface area contributed by atoms with Gasteiger partial charge >= 0.3 is 0 Å². The second kappa shape index (κ2) is 3.75. The highest BCUT2D eigenvalue weighted by atomic mass is 19.1. The van der Waals surface area contributed by atoms with Crippen LogP contribution in [0.15, 0.2) is 12.1 Å². The van der Waals surface area contributed by atoms with E-state index >= 15 is 0 Å².